The molecule has 1 atom stereocenters. The minimum absolute atomic E-state index is 0.0413. The standard InChI is InChI=1S/C8H18O5.C3H6NO2P/c9-1-3-11-5-7-13-8-6-12-4-2-10;1-2-3-6-7(4)5/h9-10H,1-8H2;1,5H,3-4H2. The highest BCUT2D eigenvalue weighted by Gasteiger charge is 1.90. The minimum Gasteiger partial charge on any atom is -0.394 e. The lowest BCUT2D eigenvalue weighted by atomic mass is 10.7. The number of hydrogen-bond acceptors (Lipinski definition) is 8. The Hall–Kier alpha value is -0.330. The maximum Gasteiger partial charge on any atom is 0.251 e. The van der Waals surface area contributed by atoms with E-state index in [1.54, 1.807) is 0 Å². The molecule has 0 aromatic carbocycles. The Bertz CT molecular complexity index is 203. The summed E-state index contributed by atoms with van der Waals surface area (Å²) in [5, 5.41) is 16.7. The molecule has 0 amide bonds. The summed E-state index contributed by atoms with van der Waals surface area (Å²) < 4.78 is 19.4. The van der Waals surface area contributed by atoms with E-state index in [0.29, 0.717) is 39.6 Å². The maximum atomic E-state index is 8.36. The maximum absolute atomic E-state index is 8.36. The van der Waals surface area contributed by atoms with Crippen molar-refractivity contribution in [1.82, 2.24) is 0 Å². The molecule has 0 aliphatic carbocycles. The quantitative estimate of drug-likeness (QED) is 0.202. The second-order valence-corrected chi connectivity index (χ2v) is 3.93. The zero-order valence-corrected chi connectivity index (χ0v) is 12.3. The monoisotopic (exact) mass is 313 g/mol. The van der Waals surface area contributed by atoms with Crippen LogP contribution in [0.25, 0.3) is 0 Å². The summed E-state index contributed by atoms with van der Waals surface area (Å²) in [5.74, 6) is 2.15. The van der Waals surface area contributed by atoms with Gasteiger partial charge in [0, 0.05) is 0 Å². The Kier molecular flexibility index (Phi) is 23.0. The van der Waals surface area contributed by atoms with Crippen LogP contribution in [-0.2, 0) is 18.7 Å². The van der Waals surface area contributed by atoms with Gasteiger partial charge in [0.25, 0.3) is 8.53 Å². The van der Waals surface area contributed by atoms with Crippen molar-refractivity contribution in [3.8, 4) is 12.3 Å². The van der Waals surface area contributed by atoms with Crippen LogP contribution >= 0.6 is 8.53 Å². The third-order valence-corrected chi connectivity index (χ3v) is 1.89. The number of ether oxygens (including phenoxy) is 3. The van der Waals surface area contributed by atoms with Crippen LogP contribution in [0.4, 0.5) is 0 Å². The molecule has 0 rings (SSSR count). The molecule has 0 aromatic rings. The largest absolute Gasteiger partial charge is 0.394 e. The first kappa shape index (κ1) is 22.0. The van der Waals surface area contributed by atoms with Gasteiger partial charge in [0.15, 0.2) is 0 Å². The fourth-order valence-corrected chi connectivity index (χ4v) is 0.981. The number of aliphatic hydroxyl groups is 2. The Morgan fingerprint density at radius 2 is 1.30 bits per heavy atom. The Labute approximate surface area is 120 Å². The molecule has 0 spiro atoms. The molecule has 0 bridgehead atoms. The predicted octanol–water partition coefficient (Wildman–Crippen LogP) is -1.17. The van der Waals surface area contributed by atoms with Crippen molar-refractivity contribution < 1.29 is 33.8 Å². The van der Waals surface area contributed by atoms with Crippen LogP contribution in [-0.4, -0.2) is 74.6 Å². The van der Waals surface area contributed by atoms with E-state index in [1.807, 2.05) is 0 Å². The molecule has 0 saturated heterocycles. The Balaban J connectivity index is 0. The van der Waals surface area contributed by atoms with Gasteiger partial charge in [0.1, 0.15) is 6.61 Å². The number of rotatable bonds is 12. The van der Waals surface area contributed by atoms with Crippen molar-refractivity contribution in [3.63, 3.8) is 0 Å². The lowest BCUT2D eigenvalue weighted by Gasteiger charge is -2.04. The van der Waals surface area contributed by atoms with E-state index in [9.17, 15) is 0 Å². The first-order chi connectivity index (χ1) is 9.68. The van der Waals surface area contributed by atoms with E-state index in [1.165, 1.54) is 0 Å². The van der Waals surface area contributed by atoms with E-state index in [2.05, 4.69) is 10.4 Å². The van der Waals surface area contributed by atoms with Crippen LogP contribution in [0.15, 0.2) is 0 Å². The fraction of sp³-hybridized carbons (Fsp3) is 0.818. The van der Waals surface area contributed by atoms with Crippen molar-refractivity contribution in [2.75, 3.05) is 59.5 Å². The van der Waals surface area contributed by atoms with Gasteiger partial charge in [-0.05, 0) is 0 Å². The molecule has 5 N–H and O–H groups in total. The number of terminal acetylenes is 1. The smallest absolute Gasteiger partial charge is 0.251 e. The van der Waals surface area contributed by atoms with Crippen molar-refractivity contribution in [2.24, 2.45) is 5.50 Å². The summed E-state index contributed by atoms with van der Waals surface area (Å²) >= 11 is 0. The molecular weight excluding hydrogens is 289 g/mol. The number of hydrogen-bond donors (Lipinski definition) is 4. The van der Waals surface area contributed by atoms with Crippen LogP contribution in [0.1, 0.15) is 0 Å². The highest BCUT2D eigenvalue weighted by molar-refractivity contribution is 7.43. The summed E-state index contributed by atoms with van der Waals surface area (Å²) in [6.45, 7) is 2.85. The Morgan fingerprint density at radius 3 is 1.55 bits per heavy atom. The highest BCUT2D eigenvalue weighted by atomic mass is 31.2. The SMILES string of the molecule is C#CCOP(N)O.OCCOCCOCCOCCO. The first-order valence-electron chi connectivity index (χ1n) is 5.94. The van der Waals surface area contributed by atoms with Gasteiger partial charge in [-0.3, -0.25) is 5.50 Å². The number of nitrogens with two attached hydrogens (primary N) is 1. The zero-order valence-electron chi connectivity index (χ0n) is 11.4. The molecule has 0 fully saturated rings. The topological polar surface area (TPSA) is 124 Å². The van der Waals surface area contributed by atoms with Gasteiger partial charge in [-0.1, -0.05) is 5.92 Å². The lowest BCUT2D eigenvalue weighted by molar-refractivity contribution is 0.00230. The molecule has 20 heavy (non-hydrogen) atoms. The summed E-state index contributed by atoms with van der Waals surface area (Å²) in [6, 6.07) is 0. The van der Waals surface area contributed by atoms with E-state index >= 15 is 0 Å². The molecule has 0 aromatic heterocycles. The van der Waals surface area contributed by atoms with E-state index in [4.69, 9.17) is 41.2 Å². The molecule has 120 valence electrons. The summed E-state index contributed by atoms with van der Waals surface area (Å²) in [4.78, 5) is 8.21. The lowest BCUT2D eigenvalue weighted by Crippen LogP contribution is -2.11. The van der Waals surface area contributed by atoms with Crippen molar-refractivity contribution in [1.29, 1.82) is 0 Å². The van der Waals surface area contributed by atoms with Gasteiger partial charge < -0.3 is 33.8 Å². The summed E-state index contributed by atoms with van der Waals surface area (Å²) in [5.41, 5.74) is 4.78. The van der Waals surface area contributed by atoms with Gasteiger partial charge in [-0.15, -0.1) is 6.42 Å². The van der Waals surface area contributed by atoms with Crippen molar-refractivity contribution >= 4 is 8.53 Å². The van der Waals surface area contributed by atoms with Gasteiger partial charge >= 0.3 is 0 Å². The van der Waals surface area contributed by atoms with Crippen LogP contribution in [0.5, 0.6) is 0 Å². The van der Waals surface area contributed by atoms with Gasteiger partial charge in [-0.2, -0.15) is 0 Å². The Morgan fingerprint density at radius 1 is 0.900 bits per heavy atom. The molecule has 0 aliphatic rings. The van der Waals surface area contributed by atoms with Crippen LogP contribution in [0, 0.1) is 12.3 Å². The highest BCUT2D eigenvalue weighted by Crippen LogP contribution is 2.17. The van der Waals surface area contributed by atoms with Gasteiger partial charge in [-0.25, -0.2) is 0 Å². The second kappa shape index (κ2) is 21.0. The average molecular weight is 313 g/mol. The van der Waals surface area contributed by atoms with Crippen molar-refractivity contribution in [2.45, 2.75) is 0 Å². The minimum atomic E-state index is -1.75. The molecule has 0 radical (unpaired) electrons. The van der Waals surface area contributed by atoms with E-state index in [-0.39, 0.29) is 19.8 Å². The molecular formula is C11H24NO7P. The first-order valence-corrected chi connectivity index (χ1v) is 7.22. The molecule has 0 aliphatic heterocycles. The van der Waals surface area contributed by atoms with Gasteiger partial charge in [0.05, 0.1) is 52.9 Å². The average Bonchev–Trinajstić information content (AvgIpc) is 2.44. The predicted molar refractivity (Wildman–Crippen MR) is 74.7 cm³/mol. The van der Waals surface area contributed by atoms with E-state index in [0.717, 1.165) is 0 Å². The molecule has 8 nitrogen and oxygen atoms in total. The molecule has 0 saturated carbocycles. The van der Waals surface area contributed by atoms with Gasteiger partial charge in [0.2, 0.25) is 0 Å². The van der Waals surface area contributed by atoms with Crippen LogP contribution in [0.2, 0.25) is 0 Å². The fourth-order valence-electron chi connectivity index (χ4n) is 0.774. The summed E-state index contributed by atoms with van der Waals surface area (Å²) in [6.07, 6.45) is 4.75. The zero-order chi connectivity index (χ0) is 15.5. The van der Waals surface area contributed by atoms with E-state index < -0.39 is 8.53 Å². The van der Waals surface area contributed by atoms with Crippen LogP contribution in [0.3, 0.4) is 0 Å². The summed E-state index contributed by atoms with van der Waals surface area (Å²) in [7, 11) is -1.75. The third kappa shape index (κ3) is 26.3. The second-order valence-electron chi connectivity index (χ2n) is 3.06. The number of aliphatic hydroxyl groups excluding tert-OH is 2. The molecule has 1 unspecified atom stereocenters. The third-order valence-electron chi connectivity index (χ3n) is 1.50. The molecule has 0 heterocycles. The normalized spacial score (nSPS) is 11.3. The van der Waals surface area contributed by atoms with Crippen molar-refractivity contribution in [3.05, 3.63) is 0 Å². The molecule has 9 heteroatoms. The van der Waals surface area contributed by atoms with Crippen LogP contribution < -0.4 is 5.50 Å².